The van der Waals surface area contributed by atoms with Crippen LogP contribution in [0.5, 0.6) is 0 Å². The molecule has 0 aromatic heterocycles. The van der Waals surface area contributed by atoms with E-state index in [9.17, 15) is 4.39 Å². The molecule has 0 saturated carbocycles. The number of halogens is 1. The highest BCUT2D eigenvalue weighted by atomic mass is 19.1. The molecular formula is C18H20FNO. The van der Waals surface area contributed by atoms with Crippen LogP contribution in [0.3, 0.4) is 0 Å². The fourth-order valence-electron chi connectivity index (χ4n) is 3.00. The van der Waals surface area contributed by atoms with Crippen molar-refractivity contribution in [1.82, 2.24) is 5.32 Å². The van der Waals surface area contributed by atoms with E-state index in [1.165, 1.54) is 11.1 Å². The van der Waals surface area contributed by atoms with Crippen LogP contribution in [0.15, 0.2) is 42.5 Å². The number of nitrogens with one attached hydrogen (secondary N) is 1. The molecule has 3 rings (SSSR count). The fourth-order valence-corrected chi connectivity index (χ4v) is 3.00. The van der Waals surface area contributed by atoms with E-state index < -0.39 is 0 Å². The van der Waals surface area contributed by atoms with Crippen molar-refractivity contribution in [3.05, 3.63) is 70.5 Å². The first-order valence-electron chi connectivity index (χ1n) is 7.33. The maximum atomic E-state index is 13.9. The number of fused-ring (bicyclic) bond motifs is 1. The third-order valence-electron chi connectivity index (χ3n) is 4.20. The van der Waals surface area contributed by atoms with Gasteiger partial charge >= 0.3 is 0 Å². The summed E-state index contributed by atoms with van der Waals surface area (Å²) in [6.07, 6.45) is 0.854. The van der Waals surface area contributed by atoms with Gasteiger partial charge in [0, 0.05) is 0 Å². The van der Waals surface area contributed by atoms with Crippen LogP contribution < -0.4 is 5.32 Å². The van der Waals surface area contributed by atoms with Crippen LogP contribution in [0.25, 0.3) is 0 Å². The van der Waals surface area contributed by atoms with E-state index in [1.807, 2.05) is 25.2 Å². The van der Waals surface area contributed by atoms with Crippen LogP contribution in [0.4, 0.5) is 4.39 Å². The topological polar surface area (TPSA) is 21.3 Å². The Kier molecular flexibility index (Phi) is 4.04. The predicted octanol–water partition coefficient (Wildman–Crippen LogP) is 3.71. The molecule has 0 fully saturated rings. The standard InChI is InChI=1S/C18H20FNO/c1-12-7-8-14(11-16(12)19)17(20-2)18-15-6-4-3-5-13(15)9-10-21-18/h3-8,11,17-18,20H,9-10H2,1-2H3. The molecule has 3 heteroatoms. The van der Waals surface area contributed by atoms with Crippen molar-refractivity contribution in [1.29, 1.82) is 0 Å². The van der Waals surface area contributed by atoms with Gasteiger partial charge in [0.25, 0.3) is 0 Å². The van der Waals surface area contributed by atoms with Gasteiger partial charge < -0.3 is 10.1 Å². The largest absolute Gasteiger partial charge is 0.371 e. The second kappa shape index (κ2) is 5.96. The lowest BCUT2D eigenvalue weighted by atomic mass is 9.89. The van der Waals surface area contributed by atoms with Gasteiger partial charge in [0.1, 0.15) is 11.9 Å². The smallest absolute Gasteiger partial charge is 0.126 e. The summed E-state index contributed by atoms with van der Waals surface area (Å²) < 4.78 is 19.9. The predicted molar refractivity (Wildman–Crippen MR) is 81.8 cm³/mol. The molecular weight excluding hydrogens is 265 g/mol. The Hall–Kier alpha value is -1.71. The zero-order chi connectivity index (χ0) is 14.8. The van der Waals surface area contributed by atoms with Gasteiger partial charge in [-0.3, -0.25) is 0 Å². The molecule has 21 heavy (non-hydrogen) atoms. The Morgan fingerprint density at radius 3 is 2.81 bits per heavy atom. The van der Waals surface area contributed by atoms with Crippen LogP contribution in [0.2, 0.25) is 0 Å². The van der Waals surface area contributed by atoms with Crippen LogP contribution >= 0.6 is 0 Å². The van der Waals surface area contributed by atoms with Crippen LogP contribution in [0, 0.1) is 12.7 Å². The van der Waals surface area contributed by atoms with E-state index in [0.29, 0.717) is 12.2 Å². The molecule has 0 bridgehead atoms. The van der Waals surface area contributed by atoms with Crippen LogP contribution in [-0.2, 0) is 11.2 Å². The second-order valence-corrected chi connectivity index (χ2v) is 5.52. The summed E-state index contributed by atoms with van der Waals surface area (Å²) >= 11 is 0. The second-order valence-electron chi connectivity index (χ2n) is 5.52. The minimum Gasteiger partial charge on any atom is -0.371 e. The highest BCUT2D eigenvalue weighted by Gasteiger charge is 2.29. The SMILES string of the molecule is CNC(c1ccc(C)c(F)c1)C1OCCc2ccccc21. The number of benzene rings is 2. The number of aryl methyl sites for hydroxylation is 1. The summed E-state index contributed by atoms with van der Waals surface area (Å²) in [5, 5.41) is 3.28. The maximum absolute atomic E-state index is 13.9. The zero-order valence-corrected chi connectivity index (χ0v) is 12.4. The highest BCUT2D eigenvalue weighted by molar-refractivity contribution is 5.35. The van der Waals surface area contributed by atoms with E-state index in [4.69, 9.17) is 4.74 Å². The van der Waals surface area contributed by atoms with Gasteiger partial charge in [-0.15, -0.1) is 0 Å². The van der Waals surface area contributed by atoms with Crippen molar-refractivity contribution in [3.8, 4) is 0 Å². The molecule has 1 aliphatic rings. The third-order valence-corrected chi connectivity index (χ3v) is 4.20. The maximum Gasteiger partial charge on any atom is 0.126 e. The molecule has 2 aromatic carbocycles. The number of rotatable bonds is 3. The molecule has 1 N–H and O–H groups in total. The minimum absolute atomic E-state index is 0.0541. The Morgan fingerprint density at radius 2 is 2.05 bits per heavy atom. The van der Waals surface area contributed by atoms with Crippen molar-refractivity contribution in [3.63, 3.8) is 0 Å². The minimum atomic E-state index is -0.170. The van der Waals surface area contributed by atoms with E-state index >= 15 is 0 Å². The summed E-state index contributed by atoms with van der Waals surface area (Å²) in [5.41, 5.74) is 4.10. The molecule has 0 amide bonds. The average Bonchev–Trinajstić information content (AvgIpc) is 2.52. The van der Waals surface area contributed by atoms with Crippen molar-refractivity contribution in [2.75, 3.05) is 13.7 Å². The summed E-state index contributed by atoms with van der Waals surface area (Å²) in [6.45, 7) is 2.48. The quantitative estimate of drug-likeness (QED) is 0.928. The van der Waals surface area contributed by atoms with Crippen molar-refractivity contribution < 1.29 is 9.13 Å². The van der Waals surface area contributed by atoms with E-state index in [1.54, 1.807) is 13.0 Å². The monoisotopic (exact) mass is 285 g/mol. The number of likely N-dealkylation sites (N-methyl/N-ethyl adjacent to an activating group) is 1. The first-order valence-corrected chi connectivity index (χ1v) is 7.33. The molecule has 110 valence electrons. The highest BCUT2D eigenvalue weighted by Crippen LogP contribution is 2.37. The van der Waals surface area contributed by atoms with Gasteiger partial charge in [-0.2, -0.15) is 0 Å². The normalized spacial score (nSPS) is 19.1. The van der Waals surface area contributed by atoms with Crippen LogP contribution in [-0.4, -0.2) is 13.7 Å². The Bertz CT molecular complexity index is 641. The van der Waals surface area contributed by atoms with Gasteiger partial charge in [0.05, 0.1) is 12.6 Å². The molecule has 1 aliphatic heterocycles. The molecule has 0 aliphatic carbocycles. The molecule has 0 radical (unpaired) electrons. The third kappa shape index (κ3) is 2.71. The molecule has 1 heterocycles. The number of hydrogen-bond acceptors (Lipinski definition) is 2. The fraction of sp³-hybridized carbons (Fsp3) is 0.333. The van der Waals surface area contributed by atoms with Gasteiger partial charge in [-0.25, -0.2) is 4.39 Å². The molecule has 0 spiro atoms. The number of hydrogen-bond donors (Lipinski definition) is 1. The number of ether oxygens (including phenoxy) is 1. The summed E-state index contributed by atoms with van der Waals surface area (Å²) in [7, 11) is 1.89. The van der Waals surface area contributed by atoms with Gasteiger partial charge in [-0.05, 0) is 48.7 Å². The molecule has 2 nitrogen and oxygen atoms in total. The zero-order valence-electron chi connectivity index (χ0n) is 12.4. The molecule has 2 unspecified atom stereocenters. The Labute approximate surface area is 125 Å². The average molecular weight is 285 g/mol. The van der Waals surface area contributed by atoms with Gasteiger partial charge in [-0.1, -0.05) is 36.4 Å². The molecule has 2 atom stereocenters. The van der Waals surface area contributed by atoms with E-state index in [0.717, 1.165) is 12.0 Å². The lowest BCUT2D eigenvalue weighted by Gasteiger charge is -2.32. The van der Waals surface area contributed by atoms with E-state index in [-0.39, 0.29) is 18.0 Å². The first-order chi connectivity index (χ1) is 10.2. The molecule has 0 saturated heterocycles. The lowest BCUT2D eigenvalue weighted by molar-refractivity contribution is 0.0165. The summed E-state index contributed by atoms with van der Waals surface area (Å²) in [5.74, 6) is -0.170. The van der Waals surface area contributed by atoms with Gasteiger partial charge in [0.2, 0.25) is 0 Å². The Morgan fingerprint density at radius 1 is 1.24 bits per heavy atom. The lowest BCUT2D eigenvalue weighted by Crippen LogP contribution is -2.29. The van der Waals surface area contributed by atoms with Crippen molar-refractivity contribution in [2.24, 2.45) is 0 Å². The van der Waals surface area contributed by atoms with Crippen molar-refractivity contribution >= 4 is 0 Å². The summed E-state index contributed by atoms with van der Waals surface area (Å²) in [6, 6.07) is 13.7. The summed E-state index contributed by atoms with van der Waals surface area (Å²) in [4.78, 5) is 0. The van der Waals surface area contributed by atoms with Crippen LogP contribution in [0.1, 0.15) is 34.4 Å². The molecule has 2 aromatic rings. The van der Waals surface area contributed by atoms with Gasteiger partial charge in [0.15, 0.2) is 0 Å². The van der Waals surface area contributed by atoms with E-state index in [2.05, 4.69) is 23.5 Å². The van der Waals surface area contributed by atoms with Crippen molar-refractivity contribution in [2.45, 2.75) is 25.5 Å². The Balaban J connectivity index is 1.99. The first kappa shape index (κ1) is 14.2.